The fraction of sp³-hybridized carbons (Fsp3) is 0.333. The Bertz CT molecular complexity index is 1290. The average Bonchev–Trinajstić information content (AvgIpc) is 3.35. The van der Waals surface area contributed by atoms with Crippen molar-refractivity contribution in [1.29, 1.82) is 0 Å². The number of phenols is 2. The Hall–Kier alpha value is -3.82. The zero-order valence-electron chi connectivity index (χ0n) is 20.3. The number of hydrogen-bond donors (Lipinski definition) is 5. The van der Waals surface area contributed by atoms with E-state index in [1.165, 1.54) is 19.2 Å². The number of nitrogens with zero attached hydrogens (tertiary/aromatic N) is 1. The Morgan fingerprint density at radius 1 is 1.08 bits per heavy atom. The minimum atomic E-state index is -0.609. The van der Waals surface area contributed by atoms with E-state index in [1.54, 1.807) is 23.6 Å². The van der Waals surface area contributed by atoms with E-state index < -0.39 is 11.9 Å². The number of ether oxygens (including phenoxy) is 1. The van der Waals surface area contributed by atoms with E-state index >= 15 is 0 Å². The highest BCUT2D eigenvalue weighted by Gasteiger charge is 2.39. The van der Waals surface area contributed by atoms with Crippen LogP contribution >= 0.6 is 0 Å². The Labute approximate surface area is 209 Å². The van der Waals surface area contributed by atoms with Gasteiger partial charge in [-0.05, 0) is 42.7 Å². The predicted octanol–water partition coefficient (Wildman–Crippen LogP) is 2.63. The minimum absolute atomic E-state index is 0.0639. The van der Waals surface area contributed by atoms with Gasteiger partial charge in [-0.1, -0.05) is 36.4 Å². The van der Waals surface area contributed by atoms with Crippen LogP contribution in [0.3, 0.4) is 0 Å². The van der Waals surface area contributed by atoms with Crippen molar-refractivity contribution < 1.29 is 24.9 Å². The maximum absolute atomic E-state index is 13.8. The summed E-state index contributed by atoms with van der Waals surface area (Å²) in [5.41, 5.74) is 8.52. The molecule has 0 aliphatic carbocycles. The second-order valence-electron chi connectivity index (χ2n) is 9.08. The van der Waals surface area contributed by atoms with Crippen molar-refractivity contribution in [2.45, 2.75) is 38.3 Å². The van der Waals surface area contributed by atoms with Crippen LogP contribution in [0.2, 0.25) is 0 Å². The number of pyridine rings is 1. The number of methoxy groups -OCH3 is 1. The summed E-state index contributed by atoms with van der Waals surface area (Å²) in [5.74, 6) is -1.88. The molecule has 3 atom stereocenters. The van der Waals surface area contributed by atoms with Gasteiger partial charge in [-0.15, -0.1) is 0 Å². The van der Waals surface area contributed by atoms with Crippen LogP contribution in [0.15, 0.2) is 59.4 Å². The highest BCUT2D eigenvalue weighted by atomic mass is 16.5. The molecule has 190 valence electrons. The van der Waals surface area contributed by atoms with Crippen LogP contribution in [0.5, 0.6) is 17.2 Å². The summed E-state index contributed by atoms with van der Waals surface area (Å²) >= 11 is 0. The van der Waals surface area contributed by atoms with E-state index in [4.69, 9.17) is 4.74 Å². The summed E-state index contributed by atoms with van der Waals surface area (Å²) in [6, 6.07) is 15.6. The molecule has 0 radical (unpaired) electrons. The second kappa shape index (κ2) is 10.8. The number of aromatic nitrogens is 1. The lowest BCUT2D eigenvalue weighted by Gasteiger charge is -2.28. The monoisotopic (exact) mass is 493 g/mol. The lowest BCUT2D eigenvalue weighted by molar-refractivity contribution is -0.141. The quantitative estimate of drug-likeness (QED) is 0.239. The third kappa shape index (κ3) is 5.22. The largest absolute Gasteiger partial charge is 0.507 e. The van der Waals surface area contributed by atoms with Crippen molar-refractivity contribution in [2.24, 2.45) is 5.92 Å². The van der Waals surface area contributed by atoms with Gasteiger partial charge in [0.05, 0.1) is 25.1 Å². The molecular formula is C27H31N3O6. The molecule has 9 heteroatoms. The van der Waals surface area contributed by atoms with Gasteiger partial charge in [-0.3, -0.25) is 15.0 Å². The van der Waals surface area contributed by atoms with E-state index in [-0.39, 0.29) is 53.3 Å². The van der Waals surface area contributed by atoms with E-state index in [2.05, 4.69) is 10.9 Å². The Kier molecular flexibility index (Phi) is 7.61. The van der Waals surface area contributed by atoms with Crippen LogP contribution in [0, 0.1) is 12.8 Å². The van der Waals surface area contributed by atoms with Gasteiger partial charge >= 0.3 is 5.97 Å². The first kappa shape index (κ1) is 25.3. The first-order valence-electron chi connectivity index (χ1n) is 11.8. The number of hydrazine groups is 1. The highest BCUT2D eigenvalue weighted by molar-refractivity contribution is 5.70. The molecule has 1 aromatic heterocycles. The van der Waals surface area contributed by atoms with Crippen molar-refractivity contribution in [2.75, 3.05) is 13.7 Å². The van der Waals surface area contributed by atoms with Crippen LogP contribution in [-0.2, 0) is 22.5 Å². The van der Waals surface area contributed by atoms with Gasteiger partial charge in [0.2, 0.25) is 0 Å². The number of aryl methyl sites for hydroxylation is 2. The number of carbonyl (C=O) groups excluding carboxylic acids is 1. The second-order valence-corrected chi connectivity index (χ2v) is 9.08. The van der Waals surface area contributed by atoms with E-state index in [1.807, 2.05) is 30.3 Å². The van der Waals surface area contributed by atoms with Gasteiger partial charge in [0.25, 0.3) is 5.56 Å². The van der Waals surface area contributed by atoms with Crippen LogP contribution < -0.4 is 16.4 Å². The summed E-state index contributed by atoms with van der Waals surface area (Å²) in [4.78, 5) is 26.2. The Morgan fingerprint density at radius 2 is 1.83 bits per heavy atom. The molecular weight excluding hydrogens is 462 g/mol. The van der Waals surface area contributed by atoms with Crippen LogP contribution in [0.25, 0.3) is 0 Å². The number of hydrogen-bond acceptors (Lipinski definition) is 8. The van der Waals surface area contributed by atoms with Gasteiger partial charge < -0.3 is 24.6 Å². The summed E-state index contributed by atoms with van der Waals surface area (Å²) in [5, 5.41) is 30.3. The van der Waals surface area contributed by atoms with Crippen LogP contribution in [-0.4, -0.2) is 39.5 Å². The summed E-state index contributed by atoms with van der Waals surface area (Å²) < 4.78 is 6.51. The first-order chi connectivity index (χ1) is 17.3. The topological polar surface area (TPSA) is 133 Å². The maximum Gasteiger partial charge on any atom is 0.306 e. The zero-order chi connectivity index (χ0) is 25.8. The lowest BCUT2D eigenvalue weighted by atomic mass is 9.78. The number of nitrogens with one attached hydrogen (secondary N) is 2. The normalized spacial score (nSPS) is 18.2. The first-order valence-corrected chi connectivity index (χ1v) is 11.8. The smallest absolute Gasteiger partial charge is 0.306 e. The molecule has 1 fully saturated rings. The number of rotatable bonds is 8. The third-order valence-corrected chi connectivity index (χ3v) is 6.87. The van der Waals surface area contributed by atoms with Gasteiger partial charge in [0, 0.05) is 30.6 Å². The summed E-state index contributed by atoms with van der Waals surface area (Å²) in [7, 11) is 1.31. The number of phenolic OH excluding ortho intramolecular Hbond substituents is 2. The van der Waals surface area contributed by atoms with E-state index in [9.17, 15) is 24.9 Å². The van der Waals surface area contributed by atoms with Crippen molar-refractivity contribution >= 4 is 5.97 Å². The molecule has 0 saturated carbocycles. The summed E-state index contributed by atoms with van der Waals surface area (Å²) in [6.07, 6.45) is 0.352. The number of esters is 1. The standard InChI is InChI=1S/C27H31N3O6/c1-16-12-23(33)25(27(35)30(16)11-10-17-8-9-21(31)22(32)13-17)19(14-24(34)36-2)20-15-28-29-26(20)18-6-4-3-5-7-18/h3-9,12-13,19-20,26,28-29,31-33H,10-11,14-15H2,1-2H3. The molecule has 3 unspecified atom stereocenters. The fourth-order valence-corrected chi connectivity index (χ4v) is 4.97. The van der Waals surface area contributed by atoms with Gasteiger partial charge in [0.1, 0.15) is 5.75 Å². The van der Waals surface area contributed by atoms with Crippen molar-refractivity contribution in [3.8, 4) is 17.2 Å². The van der Waals surface area contributed by atoms with Gasteiger partial charge in [-0.25, -0.2) is 5.43 Å². The molecule has 2 heterocycles. The molecule has 5 N–H and O–H groups in total. The number of carbonyl (C=O) groups is 1. The van der Waals surface area contributed by atoms with Crippen LogP contribution in [0.4, 0.5) is 0 Å². The maximum atomic E-state index is 13.8. The molecule has 0 spiro atoms. The van der Waals surface area contributed by atoms with Crippen molar-refractivity contribution in [3.63, 3.8) is 0 Å². The predicted molar refractivity (Wildman–Crippen MR) is 134 cm³/mol. The van der Waals surface area contributed by atoms with Crippen molar-refractivity contribution in [1.82, 2.24) is 15.4 Å². The Morgan fingerprint density at radius 3 is 2.53 bits per heavy atom. The molecule has 0 bridgehead atoms. The van der Waals surface area contributed by atoms with E-state index in [0.717, 1.165) is 11.1 Å². The molecule has 9 nitrogen and oxygen atoms in total. The minimum Gasteiger partial charge on any atom is -0.507 e. The van der Waals surface area contributed by atoms with Crippen molar-refractivity contribution in [3.05, 3.63) is 87.3 Å². The average molecular weight is 494 g/mol. The van der Waals surface area contributed by atoms with Crippen LogP contribution in [0.1, 0.15) is 40.8 Å². The Balaban J connectivity index is 1.72. The summed E-state index contributed by atoms with van der Waals surface area (Å²) in [6.45, 7) is 2.51. The molecule has 2 aromatic carbocycles. The third-order valence-electron chi connectivity index (χ3n) is 6.87. The molecule has 1 saturated heterocycles. The molecule has 3 aromatic rings. The molecule has 1 aliphatic heterocycles. The lowest BCUT2D eigenvalue weighted by Crippen LogP contribution is -2.33. The van der Waals surface area contributed by atoms with Gasteiger partial charge in [-0.2, -0.15) is 0 Å². The van der Waals surface area contributed by atoms with E-state index in [0.29, 0.717) is 18.7 Å². The molecule has 0 amide bonds. The fourth-order valence-electron chi connectivity index (χ4n) is 4.97. The SMILES string of the molecule is COC(=O)CC(c1c(O)cc(C)n(CCc2ccc(O)c(O)c2)c1=O)C1CNNC1c1ccccc1. The molecule has 4 rings (SSSR count). The number of aromatic hydroxyl groups is 3. The highest BCUT2D eigenvalue weighted by Crippen LogP contribution is 2.40. The zero-order valence-corrected chi connectivity index (χ0v) is 20.3. The number of benzene rings is 2. The van der Waals surface area contributed by atoms with Gasteiger partial charge in [0.15, 0.2) is 11.5 Å². The molecule has 36 heavy (non-hydrogen) atoms. The molecule has 1 aliphatic rings.